The van der Waals surface area contributed by atoms with Gasteiger partial charge in [0.25, 0.3) is 0 Å². The minimum Gasteiger partial charge on any atom is -0.493 e. The van der Waals surface area contributed by atoms with E-state index in [9.17, 15) is 29.3 Å². The number of nitrogens with two attached hydrogens (primary N) is 1. The van der Waals surface area contributed by atoms with Gasteiger partial charge in [0.15, 0.2) is 29.9 Å². The second-order valence-electron chi connectivity index (χ2n) is 12.5. The fourth-order valence-electron chi connectivity index (χ4n) is 5.43. The fraction of sp³-hybridized carbons (Fsp3) is 0.472. The number of benzene rings is 2. The first-order chi connectivity index (χ1) is 27.0. The molecule has 19 nitrogen and oxygen atoms in total. The molecule has 1 unspecified atom stereocenters. The van der Waals surface area contributed by atoms with Gasteiger partial charge in [-0.2, -0.15) is 4.98 Å². The van der Waals surface area contributed by atoms with Crippen LogP contribution < -0.4 is 25.8 Å². The normalized spacial score (nSPS) is 19.9. The molecule has 5 atom stereocenters. The van der Waals surface area contributed by atoms with Crippen LogP contribution in [0.15, 0.2) is 76.8 Å². The van der Waals surface area contributed by atoms with E-state index >= 15 is 0 Å². The molecule has 0 aliphatic carbocycles. The molecule has 0 amide bonds. The quantitative estimate of drug-likeness (QED) is 0.0318. The molecule has 2 aromatic carbocycles. The van der Waals surface area contributed by atoms with Gasteiger partial charge in [-0.3, -0.25) is 23.5 Å². The van der Waals surface area contributed by atoms with Crippen molar-refractivity contribution >= 4 is 31.5 Å². The van der Waals surface area contributed by atoms with Crippen LogP contribution in [0.1, 0.15) is 70.6 Å². The van der Waals surface area contributed by atoms with Gasteiger partial charge < -0.3 is 33.9 Å². The number of carbonyl (C=O) groups excluding carboxylic acids is 3. The maximum Gasteiger partial charge on any atom is 0.458 e. The number of carbonyl (C=O) groups is 3. The molecule has 3 N–H and O–H groups in total. The molecular weight excluding hydrogens is 753 g/mol. The number of anilines is 1. The first-order valence-corrected chi connectivity index (χ1v) is 19.5. The van der Waals surface area contributed by atoms with E-state index < -0.39 is 62.1 Å². The predicted molar refractivity (Wildman–Crippen MR) is 200 cm³/mol. The summed E-state index contributed by atoms with van der Waals surface area (Å²) >= 11 is 0. The Morgan fingerprint density at radius 1 is 0.982 bits per heavy atom. The highest BCUT2D eigenvalue weighted by Crippen LogP contribution is 2.50. The van der Waals surface area contributed by atoms with Gasteiger partial charge in [0.2, 0.25) is 5.72 Å². The maximum atomic E-state index is 14.6. The molecule has 0 radical (unpaired) electrons. The Morgan fingerprint density at radius 3 is 2.29 bits per heavy atom. The first-order valence-electron chi connectivity index (χ1n) is 18.0. The summed E-state index contributed by atoms with van der Waals surface area (Å²) in [7, 11) is -3.27. The van der Waals surface area contributed by atoms with Crippen LogP contribution in [-0.2, 0) is 49.0 Å². The molecule has 0 saturated carbocycles. The van der Waals surface area contributed by atoms with Crippen LogP contribution in [0.4, 0.5) is 5.82 Å². The lowest BCUT2D eigenvalue weighted by Gasteiger charge is -2.31. The SMILES string of the molecule is CCCCC(=O)O[C@H]1[C@H](n2ccc(N)nc2=O)O[C@@](COP(=O)(NCCC(=O)OCc2ccccc2)Oc2ccccc2OC)(N=[N+]=[N-])[C@H]1OC(=O)CCCC. The van der Waals surface area contributed by atoms with Gasteiger partial charge in [-0.25, -0.2) is 14.4 Å². The van der Waals surface area contributed by atoms with E-state index in [0.717, 1.165) is 10.1 Å². The Bertz CT molecular complexity index is 1940. The van der Waals surface area contributed by atoms with Gasteiger partial charge in [0, 0.05) is 30.5 Å². The Kier molecular flexibility index (Phi) is 16.2. The largest absolute Gasteiger partial charge is 0.493 e. The highest BCUT2D eigenvalue weighted by molar-refractivity contribution is 7.52. The molecule has 0 bridgehead atoms. The van der Waals surface area contributed by atoms with Crippen molar-refractivity contribution in [2.45, 2.75) is 89.6 Å². The summed E-state index contributed by atoms with van der Waals surface area (Å²) in [5.74, 6) is -2.15. The Hall–Kier alpha value is -5.45. The van der Waals surface area contributed by atoms with E-state index in [1.807, 2.05) is 19.9 Å². The Balaban J connectivity index is 1.71. The number of aromatic nitrogens is 2. The van der Waals surface area contributed by atoms with Crippen LogP contribution >= 0.6 is 7.75 Å². The Morgan fingerprint density at radius 2 is 1.64 bits per heavy atom. The number of unbranched alkanes of at least 4 members (excludes halogenated alkanes) is 2. The Labute approximate surface area is 322 Å². The van der Waals surface area contributed by atoms with Crippen LogP contribution in [0.2, 0.25) is 0 Å². The molecule has 2 heterocycles. The minimum atomic E-state index is -4.63. The van der Waals surface area contributed by atoms with E-state index in [1.54, 1.807) is 36.4 Å². The van der Waals surface area contributed by atoms with Crippen molar-refractivity contribution < 1.29 is 51.7 Å². The van der Waals surface area contributed by atoms with Crippen LogP contribution in [-0.4, -0.2) is 65.7 Å². The van der Waals surface area contributed by atoms with Crippen molar-refractivity contribution in [3.05, 3.63) is 93.4 Å². The highest BCUT2D eigenvalue weighted by Gasteiger charge is 2.61. The lowest BCUT2D eigenvalue weighted by atomic mass is 10.0. The number of hydrogen-bond acceptors (Lipinski definition) is 15. The van der Waals surface area contributed by atoms with Gasteiger partial charge in [0.1, 0.15) is 12.4 Å². The summed E-state index contributed by atoms with van der Waals surface area (Å²) < 4.78 is 55.8. The highest BCUT2D eigenvalue weighted by atomic mass is 31.2. The first kappa shape index (κ1) is 43.3. The lowest BCUT2D eigenvalue weighted by Crippen LogP contribution is -2.49. The molecule has 3 aromatic rings. The zero-order valence-corrected chi connectivity index (χ0v) is 32.2. The monoisotopic (exact) mass is 799 g/mol. The third-order valence-electron chi connectivity index (χ3n) is 8.29. The summed E-state index contributed by atoms with van der Waals surface area (Å²) in [6.07, 6.45) is -2.08. The molecule has 0 spiro atoms. The van der Waals surface area contributed by atoms with E-state index in [4.69, 9.17) is 38.5 Å². The van der Waals surface area contributed by atoms with Crippen LogP contribution in [0.5, 0.6) is 11.5 Å². The van der Waals surface area contributed by atoms with E-state index in [0.29, 0.717) is 25.7 Å². The average Bonchev–Trinajstić information content (AvgIpc) is 3.46. The van der Waals surface area contributed by atoms with Gasteiger partial charge in [0.05, 0.1) is 20.1 Å². The third kappa shape index (κ3) is 12.0. The van der Waals surface area contributed by atoms with E-state index in [1.165, 1.54) is 31.5 Å². The summed E-state index contributed by atoms with van der Waals surface area (Å²) in [5.41, 5.74) is 13.0. The van der Waals surface area contributed by atoms with Crippen LogP contribution in [0, 0.1) is 0 Å². The van der Waals surface area contributed by atoms with Crippen molar-refractivity contribution in [1.82, 2.24) is 14.6 Å². The van der Waals surface area contributed by atoms with E-state index in [-0.39, 0.29) is 49.7 Å². The molecule has 1 aliphatic rings. The number of para-hydroxylation sites is 2. The molecule has 1 fully saturated rings. The standard InChI is InChI=1S/C36H46N7O12P/c1-4-6-17-30(45)52-32-33(53-31(46)18-7-5-2)36(41-42-38,54-34(32)43-22-20-28(37)40-35(43)47)24-51-56(48,55-27-16-12-11-15-26(27)49-3)39-21-19-29(44)50-23-25-13-9-8-10-14-25/h8-16,20,22,32-34H,4-7,17-19,21,23-24H2,1-3H3,(H,39,48)(H2,37,40,47)/t32-,33+,34-,36-,56?/m1/s1. The second kappa shape index (κ2) is 21.0. The summed E-state index contributed by atoms with van der Waals surface area (Å²) in [6.45, 7) is 2.46. The van der Waals surface area contributed by atoms with Gasteiger partial charge in [-0.1, -0.05) is 74.3 Å². The second-order valence-corrected chi connectivity index (χ2v) is 14.2. The maximum absolute atomic E-state index is 14.6. The van der Waals surface area contributed by atoms with Crippen molar-refractivity contribution in [1.29, 1.82) is 0 Å². The number of nitrogens with zero attached hydrogens (tertiary/aromatic N) is 5. The average molecular weight is 800 g/mol. The molecule has 302 valence electrons. The molecule has 20 heteroatoms. The van der Waals surface area contributed by atoms with Gasteiger partial charge in [-0.05, 0) is 42.1 Å². The molecule has 1 saturated heterocycles. The number of hydrogen-bond donors (Lipinski definition) is 2. The van der Waals surface area contributed by atoms with E-state index in [2.05, 4.69) is 20.1 Å². The number of nitrogens with one attached hydrogen (secondary N) is 1. The van der Waals surface area contributed by atoms with Gasteiger partial charge in [-0.15, -0.1) is 0 Å². The topological polar surface area (TPSA) is 255 Å². The zero-order valence-electron chi connectivity index (χ0n) is 31.3. The smallest absolute Gasteiger partial charge is 0.458 e. The molecule has 1 aliphatic heterocycles. The van der Waals surface area contributed by atoms with Gasteiger partial charge >= 0.3 is 31.3 Å². The van der Waals surface area contributed by atoms with Crippen molar-refractivity contribution in [2.24, 2.45) is 5.11 Å². The number of ether oxygens (including phenoxy) is 5. The van der Waals surface area contributed by atoms with Crippen molar-refractivity contribution in [3.8, 4) is 11.5 Å². The third-order valence-corrected chi connectivity index (χ3v) is 9.81. The predicted octanol–water partition coefficient (Wildman–Crippen LogP) is 5.50. The number of nitrogen functional groups attached to an aromatic ring is 1. The molecule has 1 aromatic heterocycles. The molecule has 4 rings (SSSR count). The number of rotatable bonds is 22. The molecule has 56 heavy (non-hydrogen) atoms. The van der Waals surface area contributed by atoms with Crippen LogP contribution in [0.25, 0.3) is 10.4 Å². The minimum absolute atomic E-state index is 0.00784. The number of azide groups is 1. The summed E-state index contributed by atoms with van der Waals surface area (Å²) in [5, 5.41) is 6.43. The summed E-state index contributed by atoms with van der Waals surface area (Å²) in [6, 6.07) is 16.5. The number of methoxy groups -OCH3 is 1. The van der Waals surface area contributed by atoms with Crippen molar-refractivity contribution in [3.63, 3.8) is 0 Å². The van der Waals surface area contributed by atoms with Crippen molar-refractivity contribution in [2.75, 3.05) is 26.0 Å². The zero-order chi connectivity index (χ0) is 40.6. The fourth-order valence-corrected chi connectivity index (χ4v) is 6.79. The molecular formula is C36H46N7O12P. The lowest BCUT2D eigenvalue weighted by molar-refractivity contribution is -0.173. The van der Waals surface area contributed by atoms with Crippen LogP contribution in [0.3, 0.4) is 0 Å². The number of esters is 3. The summed E-state index contributed by atoms with van der Waals surface area (Å²) in [4.78, 5) is 58.8.